The van der Waals surface area contributed by atoms with Gasteiger partial charge in [-0.05, 0) is 42.7 Å². The minimum Gasteiger partial charge on any atom is -0.497 e. The molecule has 0 bridgehead atoms. The molecule has 1 heterocycles. The molecule has 0 radical (unpaired) electrons. The minimum atomic E-state index is 0.572. The number of hydrogen-bond acceptors (Lipinski definition) is 5. The molecule has 0 aliphatic carbocycles. The second-order valence-electron chi connectivity index (χ2n) is 7.23. The number of benzene rings is 1. The molecular formula is C21H34N6OS. The number of nitrogens with one attached hydrogen (secondary N) is 2. The van der Waals surface area contributed by atoms with Gasteiger partial charge in [-0.1, -0.05) is 37.7 Å². The van der Waals surface area contributed by atoms with E-state index >= 15 is 0 Å². The zero-order valence-corrected chi connectivity index (χ0v) is 19.1. The molecule has 29 heavy (non-hydrogen) atoms. The third-order valence-electron chi connectivity index (χ3n) is 4.48. The van der Waals surface area contributed by atoms with Gasteiger partial charge in [-0.3, -0.25) is 4.99 Å². The molecule has 0 saturated heterocycles. The number of thioether (sulfide) groups is 1. The van der Waals surface area contributed by atoms with Crippen LogP contribution in [-0.4, -0.2) is 54.2 Å². The first-order valence-corrected chi connectivity index (χ1v) is 11.3. The predicted molar refractivity (Wildman–Crippen MR) is 121 cm³/mol. The molecule has 0 fully saturated rings. The third kappa shape index (κ3) is 7.61. The summed E-state index contributed by atoms with van der Waals surface area (Å²) in [5.74, 6) is 3.34. The Bertz CT molecular complexity index is 757. The lowest BCUT2D eigenvalue weighted by Crippen LogP contribution is -2.38. The first kappa shape index (κ1) is 23.1. The molecule has 1 aromatic heterocycles. The Labute approximate surface area is 178 Å². The molecule has 0 spiro atoms. The van der Waals surface area contributed by atoms with Gasteiger partial charge < -0.3 is 19.9 Å². The Kier molecular flexibility index (Phi) is 9.83. The summed E-state index contributed by atoms with van der Waals surface area (Å²) in [6.45, 7) is 7.06. The molecule has 1 aromatic carbocycles. The maximum absolute atomic E-state index is 5.19. The molecule has 2 aromatic rings. The SMILES string of the molecule is CN=C(NCCCc1nnc(SC)n1CC(C)C)NCCc1ccc(OC)cc1. The first-order valence-electron chi connectivity index (χ1n) is 10.1. The molecule has 0 aliphatic heterocycles. The lowest BCUT2D eigenvalue weighted by atomic mass is 10.1. The second kappa shape index (κ2) is 12.4. The number of hydrogen-bond donors (Lipinski definition) is 2. The largest absolute Gasteiger partial charge is 0.497 e. The van der Waals surface area contributed by atoms with Gasteiger partial charge in [0, 0.05) is 33.1 Å². The van der Waals surface area contributed by atoms with E-state index in [1.807, 2.05) is 18.4 Å². The number of nitrogens with zero attached hydrogens (tertiary/aromatic N) is 4. The Morgan fingerprint density at radius 1 is 1.14 bits per heavy atom. The molecule has 160 valence electrons. The van der Waals surface area contributed by atoms with E-state index in [1.165, 1.54) is 5.56 Å². The molecule has 2 N–H and O–H groups in total. The zero-order valence-electron chi connectivity index (χ0n) is 18.2. The summed E-state index contributed by atoms with van der Waals surface area (Å²) in [6.07, 6.45) is 4.86. The van der Waals surface area contributed by atoms with E-state index < -0.39 is 0 Å². The summed E-state index contributed by atoms with van der Waals surface area (Å²) < 4.78 is 7.44. The average molecular weight is 419 g/mol. The highest BCUT2D eigenvalue weighted by atomic mass is 32.2. The van der Waals surface area contributed by atoms with E-state index in [-0.39, 0.29) is 0 Å². The van der Waals surface area contributed by atoms with Crippen molar-refractivity contribution in [3.63, 3.8) is 0 Å². The van der Waals surface area contributed by atoms with Crippen LogP contribution in [0, 0.1) is 5.92 Å². The van der Waals surface area contributed by atoms with Crippen molar-refractivity contribution >= 4 is 17.7 Å². The van der Waals surface area contributed by atoms with Crippen LogP contribution in [0.3, 0.4) is 0 Å². The van der Waals surface area contributed by atoms with Crippen LogP contribution in [0.5, 0.6) is 5.75 Å². The normalized spacial score (nSPS) is 11.7. The van der Waals surface area contributed by atoms with Crippen LogP contribution in [-0.2, 0) is 19.4 Å². The van der Waals surface area contributed by atoms with E-state index in [2.05, 4.69) is 56.4 Å². The van der Waals surface area contributed by atoms with E-state index in [1.54, 1.807) is 25.9 Å². The minimum absolute atomic E-state index is 0.572. The van der Waals surface area contributed by atoms with Crippen LogP contribution in [0.15, 0.2) is 34.4 Å². The molecule has 2 rings (SSSR count). The van der Waals surface area contributed by atoms with E-state index in [9.17, 15) is 0 Å². The molecule has 0 unspecified atom stereocenters. The summed E-state index contributed by atoms with van der Waals surface area (Å²) >= 11 is 1.65. The van der Waals surface area contributed by atoms with Gasteiger partial charge >= 0.3 is 0 Å². The maximum Gasteiger partial charge on any atom is 0.190 e. The van der Waals surface area contributed by atoms with Gasteiger partial charge in [0.2, 0.25) is 0 Å². The quantitative estimate of drug-likeness (QED) is 0.253. The van der Waals surface area contributed by atoms with Crippen molar-refractivity contribution < 1.29 is 4.74 Å². The summed E-state index contributed by atoms with van der Waals surface area (Å²) in [5, 5.41) is 16.4. The second-order valence-corrected chi connectivity index (χ2v) is 8.01. The Balaban J connectivity index is 1.72. The van der Waals surface area contributed by atoms with Gasteiger partial charge in [0.1, 0.15) is 11.6 Å². The fraction of sp³-hybridized carbons (Fsp3) is 0.571. The molecular weight excluding hydrogens is 384 g/mol. The fourth-order valence-electron chi connectivity index (χ4n) is 2.99. The highest BCUT2D eigenvalue weighted by Crippen LogP contribution is 2.16. The number of aromatic nitrogens is 3. The first-order chi connectivity index (χ1) is 14.1. The average Bonchev–Trinajstić information content (AvgIpc) is 3.11. The summed E-state index contributed by atoms with van der Waals surface area (Å²) in [4.78, 5) is 4.30. The van der Waals surface area contributed by atoms with Crippen LogP contribution in [0.1, 0.15) is 31.7 Å². The summed E-state index contributed by atoms with van der Waals surface area (Å²) in [7, 11) is 3.48. The lowest BCUT2D eigenvalue weighted by Gasteiger charge is -2.13. The van der Waals surface area contributed by atoms with Gasteiger partial charge in [0.25, 0.3) is 0 Å². The van der Waals surface area contributed by atoms with E-state index in [4.69, 9.17) is 4.74 Å². The molecule has 0 amide bonds. The predicted octanol–water partition coefficient (Wildman–Crippen LogP) is 3.00. The topological polar surface area (TPSA) is 76.4 Å². The number of aliphatic imine (C=N–C) groups is 1. The highest BCUT2D eigenvalue weighted by molar-refractivity contribution is 7.98. The van der Waals surface area contributed by atoms with Crippen molar-refractivity contribution in [2.75, 3.05) is 33.5 Å². The van der Waals surface area contributed by atoms with Gasteiger partial charge in [-0.2, -0.15) is 0 Å². The van der Waals surface area contributed by atoms with E-state index in [0.717, 1.165) is 61.6 Å². The third-order valence-corrected chi connectivity index (χ3v) is 5.15. The lowest BCUT2D eigenvalue weighted by molar-refractivity contribution is 0.414. The van der Waals surface area contributed by atoms with Crippen molar-refractivity contribution in [3.05, 3.63) is 35.7 Å². The van der Waals surface area contributed by atoms with Crippen LogP contribution >= 0.6 is 11.8 Å². The fourth-order valence-corrected chi connectivity index (χ4v) is 3.52. The van der Waals surface area contributed by atoms with Gasteiger partial charge in [-0.15, -0.1) is 10.2 Å². The van der Waals surface area contributed by atoms with Gasteiger partial charge in [0.15, 0.2) is 11.1 Å². The Morgan fingerprint density at radius 3 is 2.48 bits per heavy atom. The number of methoxy groups -OCH3 is 1. The molecule has 0 saturated carbocycles. The van der Waals surface area contributed by atoms with Gasteiger partial charge in [0.05, 0.1) is 7.11 Å². The molecule has 0 atom stereocenters. The standard InChI is InChI=1S/C21H34N6OS/c1-16(2)15-27-19(25-26-21(27)29-5)7-6-13-23-20(22-3)24-14-12-17-8-10-18(28-4)11-9-17/h8-11,16H,6-7,12-15H2,1-5H3,(H2,22,23,24). The van der Waals surface area contributed by atoms with Crippen LogP contribution < -0.4 is 15.4 Å². The van der Waals surface area contributed by atoms with Crippen molar-refractivity contribution in [1.82, 2.24) is 25.4 Å². The number of rotatable bonds is 11. The van der Waals surface area contributed by atoms with Crippen LogP contribution in [0.4, 0.5) is 0 Å². The zero-order chi connectivity index (χ0) is 21.1. The Hall–Kier alpha value is -2.22. The van der Waals surface area contributed by atoms with Crippen LogP contribution in [0.25, 0.3) is 0 Å². The highest BCUT2D eigenvalue weighted by Gasteiger charge is 2.12. The maximum atomic E-state index is 5.19. The van der Waals surface area contributed by atoms with Crippen molar-refractivity contribution in [3.8, 4) is 5.75 Å². The van der Waals surface area contributed by atoms with E-state index in [0.29, 0.717) is 5.92 Å². The number of guanidine groups is 1. The molecule has 7 nitrogen and oxygen atoms in total. The Morgan fingerprint density at radius 2 is 1.86 bits per heavy atom. The number of ether oxygens (including phenoxy) is 1. The monoisotopic (exact) mass is 418 g/mol. The van der Waals surface area contributed by atoms with Crippen molar-refractivity contribution in [1.29, 1.82) is 0 Å². The molecule has 0 aliphatic rings. The number of aryl methyl sites for hydroxylation is 1. The smallest absolute Gasteiger partial charge is 0.190 e. The molecule has 8 heteroatoms. The van der Waals surface area contributed by atoms with Crippen molar-refractivity contribution in [2.24, 2.45) is 10.9 Å². The van der Waals surface area contributed by atoms with Gasteiger partial charge in [-0.25, -0.2) is 0 Å². The van der Waals surface area contributed by atoms with Crippen LogP contribution in [0.2, 0.25) is 0 Å². The summed E-state index contributed by atoms with van der Waals surface area (Å²) in [6, 6.07) is 8.16. The summed E-state index contributed by atoms with van der Waals surface area (Å²) in [5.41, 5.74) is 1.27. The van der Waals surface area contributed by atoms with Crippen molar-refractivity contribution in [2.45, 2.75) is 44.8 Å².